The molecule has 1 aromatic rings. The summed E-state index contributed by atoms with van der Waals surface area (Å²) in [5, 5.41) is 0. The van der Waals surface area contributed by atoms with Crippen LogP contribution in [0.1, 0.15) is 70.7 Å². The van der Waals surface area contributed by atoms with E-state index >= 15 is 0 Å². The molecule has 0 spiro atoms. The van der Waals surface area contributed by atoms with E-state index in [2.05, 4.69) is 13.8 Å². The summed E-state index contributed by atoms with van der Waals surface area (Å²) in [4.78, 5) is 23.6. The predicted molar refractivity (Wildman–Crippen MR) is 90.6 cm³/mol. The van der Waals surface area contributed by atoms with Crippen molar-refractivity contribution < 1.29 is 19.1 Å². The molecule has 23 heavy (non-hydrogen) atoms. The highest BCUT2D eigenvalue weighted by atomic mass is 16.6. The van der Waals surface area contributed by atoms with Gasteiger partial charge in [0.2, 0.25) is 0 Å². The number of ether oxygens (including phenoxy) is 2. The quantitative estimate of drug-likeness (QED) is 0.393. The number of carbonyl (C=O) groups excluding carboxylic acids is 2. The zero-order valence-electron chi connectivity index (χ0n) is 14.8. The van der Waals surface area contributed by atoms with Crippen molar-refractivity contribution in [3.05, 3.63) is 29.8 Å². The van der Waals surface area contributed by atoms with Crippen molar-refractivity contribution in [1.29, 1.82) is 0 Å². The number of hydrogen-bond acceptors (Lipinski definition) is 4. The smallest absolute Gasteiger partial charge is 0.342 e. The van der Waals surface area contributed by atoms with E-state index in [0.717, 1.165) is 12.8 Å². The summed E-state index contributed by atoms with van der Waals surface area (Å²) in [6.45, 7) is 9.43. The predicted octanol–water partition coefficient (Wildman–Crippen LogP) is 4.76. The lowest BCUT2D eigenvalue weighted by Crippen LogP contribution is -2.35. The summed E-state index contributed by atoms with van der Waals surface area (Å²) in [5.74, 6) is -0.440. The standard InChI is InChI=1S/C19H28O4/c1-6-7-8-11-14(2)19(4,5)23-18(21)16-12-9-10-13-17(16)22-15(3)20/h9-10,12-14H,6-8,11H2,1-5H3. The van der Waals surface area contributed by atoms with Crippen LogP contribution in [0.15, 0.2) is 24.3 Å². The second-order valence-corrected chi connectivity index (χ2v) is 6.48. The average molecular weight is 320 g/mol. The van der Waals surface area contributed by atoms with E-state index in [-0.39, 0.29) is 17.2 Å². The molecule has 0 aliphatic rings. The number of para-hydroxylation sites is 1. The Morgan fingerprint density at radius 2 is 1.83 bits per heavy atom. The third-order valence-corrected chi connectivity index (χ3v) is 4.14. The van der Waals surface area contributed by atoms with E-state index in [1.807, 2.05) is 13.8 Å². The van der Waals surface area contributed by atoms with Crippen molar-refractivity contribution in [2.24, 2.45) is 5.92 Å². The molecule has 0 heterocycles. The van der Waals surface area contributed by atoms with Crippen LogP contribution in [0.5, 0.6) is 5.75 Å². The van der Waals surface area contributed by atoms with Crippen molar-refractivity contribution in [3.63, 3.8) is 0 Å². The second kappa shape index (κ2) is 8.70. The number of carbonyl (C=O) groups is 2. The number of esters is 2. The Morgan fingerprint density at radius 1 is 1.17 bits per heavy atom. The fourth-order valence-corrected chi connectivity index (χ4v) is 2.32. The highest BCUT2D eigenvalue weighted by molar-refractivity contribution is 5.93. The van der Waals surface area contributed by atoms with Gasteiger partial charge in [-0.05, 0) is 38.3 Å². The summed E-state index contributed by atoms with van der Waals surface area (Å²) < 4.78 is 10.8. The summed E-state index contributed by atoms with van der Waals surface area (Å²) in [6.07, 6.45) is 4.49. The summed E-state index contributed by atoms with van der Waals surface area (Å²) in [7, 11) is 0. The number of rotatable bonds is 8. The average Bonchev–Trinajstić information content (AvgIpc) is 2.46. The first-order valence-electron chi connectivity index (χ1n) is 8.28. The minimum atomic E-state index is -0.575. The Labute approximate surface area is 139 Å². The maximum Gasteiger partial charge on any atom is 0.342 e. The van der Waals surface area contributed by atoms with Crippen LogP contribution < -0.4 is 4.74 Å². The Kier molecular flexibility index (Phi) is 7.27. The second-order valence-electron chi connectivity index (χ2n) is 6.48. The molecule has 1 atom stereocenters. The fourth-order valence-electron chi connectivity index (χ4n) is 2.32. The van der Waals surface area contributed by atoms with E-state index < -0.39 is 17.5 Å². The molecule has 0 fully saturated rings. The Balaban J connectivity index is 2.80. The van der Waals surface area contributed by atoms with E-state index in [0.29, 0.717) is 0 Å². The van der Waals surface area contributed by atoms with Gasteiger partial charge in [0.1, 0.15) is 16.9 Å². The van der Waals surface area contributed by atoms with Crippen LogP contribution in [0, 0.1) is 5.92 Å². The first-order chi connectivity index (χ1) is 10.8. The van der Waals surface area contributed by atoms with Crippen LogP contribution in [-0.2, 0) is 9.53 Å². The van der Waals surface area contributed by atoms with E-state index in [1.54, 1.807) is 24.3 Å². The van der Waals surface area contributed by atoms with Gasteiger partial charge < -0.3 is 9.47 Å². The lowest BCUT2D eigenvalue weighted by molar-refractivity contribution is -0.131. The molecule has 0 aliphatic carbocycles. The monoisotopic (exact) mass is 320 g/mol. The van der Waals surface area contributed by atoms with Gasteiger partial charge in [0, 0.05) is 6.92 Å². The van der Waals surface area contributed by atoms with Crippen LogP contribution in [0.2, 0.25) is 0 Å². The van der Waals surface area contributed by atoms with Crippen LogP contribution in [0.4, 0.5) is 0 Å². The van der Waals surface area contributed by atoms with Crippen molar-refractivity contribution >= 4 is 11.9 Å². The molecule has 0 aliphatic heterocycles. The van der Waals surface area contributed by atoms with Crippen molar-refractivity contribution in [1.82, 2.24) is 0 Å². The number of unbranched alkanes of at least 4 members (excludes halogenated alkanes) is 2. The van der Waals surface area contributed by atoms with Crippen LogP contribution >= 0.6 is 0 Å². The molecule has 0 bridgehead atoms. The van der Waals surface area contributed by atoms with Gasteiger partial charge in [0.25, 0.3) is 0 Å². The van der Waals surface area contributed by atoms with Gasteiger partial charge in [-0.15, -0.1) is 0 Å². The van der Waals surface area contributed by atoms with Gasteiger partial charge in [-0.25, -0.2) is 4.79 Å². The Bertz CT molecular complexity index is 534. The van der Waals surface area contributed by atoms with Gasteiger partial charge in [0.05, 0.1) is 0 Å². The highest BCUT2D eigenvalue weighted by Crippen LogP contribution is 2.29. The van der Waals surface area contributed by atoms with Crippen molar-refractivity contribution in [2.75, 3.05) is 0 Å². The van der Waals surface area contributed by atoms with Crippen molar-refractivity contribution in [2.45, 2.75) is 65.9 Å². The summed E-state index contributed by atoms with van der Waals surface area (Å²) in [5.41, 5.74) is -0.301. The first-order valence-corrected chi connectivity index (χ1v) is 8.28. The molecule has 1 rings (SSSR count). The van der Waals surface area contributed by atoms with E-state index in [9.17, 15) is 9.59 Å². The third kappa shape index (κ3) is 6.05. The van der Waals surface area contributed by atoms with Gasteiger partial charge in [-0.2, -0.15) is 0 Å². The lowest BCUT2D eigenvalue weighted by Gasteiger charge is -2.32. The Morgan fingerprint density at radius 3 is 2.43 bits per heavy atom. The minimum Gasteiger partial charge on any atom is -0.456 e. The van der Waals surface area contributed by atoms with Gasteiger partial charge in [0.15, 0.2) is 0 Å². The molecule has 128 valence electrons. The van der Waals surface area contributed by atoms with Crippen LogP contribution in [-0.4, -0.2) is 17.5 Å². The summed E-state index contributed by atoms with van der Waals surface area (Å²) in [6, 6.07) is 6.64. The fraction of sp³-hybridized carbons (Fsp3) is 0.579. The molecule has 0 radical (unpaired) electrons. The lowest BCUT2D eigenvalue weighted by atomic mass is 9.88. The zero-order chi connectivity index (χ0) is 17.5. The SMILES string of the molecule is CCCCCC(C)C(C)(C)OC(=O)c1ccccc1OC(C)=O. The molecule has 4 nitrogen and oxygen atoms in total. The molecule has 0 saturated heterocycles. The first kappa shape index (κ1) is 19.2. The number of benzene rings is 1. The molecule has 0 N–H and O–H groups in total. The van der Waals surface area contributed by atoms with Gasteiger partial charge in [-0.1, -0.05) is 45.2 Å². The molecule has 1 unspecified atom stereocenters. The van der Waals surface area contributed by atoms with Crippen molar-refractivity contribution in [3.8, 4) is 5.75 Å². The van der Waals surface area contributed by atoms with Crippen LogP contribution in [0.25, 0.3) is 0 Å². The maximum atomic E-state index is 12.5. The molecule has 1 aromatic carbocycles. The topological polar surface area (TPSA) is 52.6 Å². The zero-order valence-corrected chi connectivity index (χ0v) is 14.8. The minimum absolute atomic E-state index is 0.236. The summed E-state index contributed by atoms with van der Waals surface area (Å²) >= 11 is 0. The third-order valence-electron chi connectivity index (χ3n) is 4.14. The van der Waals surface area contributed by atoms with E-state index in [4.69, 9.17) is 9.47 Å². The molecular formula is C19H28O4. The molecule has 0 saturated carbocycles. The molecule has 4 heteroatoms. The molecular weight excluding hydrogens is 292 g/mol. The molecule has 0 amide bonds. The van der Waals surface area contributed by atoms with E-state index in [1.165, 1.54) is 19.8 Å². The Hall–Kier alpha value is -1.84. The normalized spacial score (nSPS) is 12.6. The van der Waals surface area contributed by atoms with Crippen LogP contribution in [0.3, 0.4) is 0 Å². The maximum absolute atomic E-state index is 12.5. The van der Waals surface area contributed by atoms with Gasteiger partial charge >= 0.3 is 11.9 Å². The van der Waals surface area contributed by atoms with Gasteiger partial charge in [-0.3, -0.25) is 4.79 Å². The largest absolute Gasteiger partial charge is 0.456 e. The highest BCUT2D eigenvalue weighted by Gasteiger charge is 2.31. The number of hydrogen-bond donors (Lipinski definition) is 0. The molecule has 0 aromatic heterocycles.